The molecule has 6 rings (SSSR count). The summed E-state index contributed by atoms with van der Waals surface area (Å²) in [6, 6.07) is 2.57. The molecule has 4 aliphatic rings. The molecule has 1 aromatic heterocycles. The first kappa shape index (κ1) is 30.0. The van der Waals surface area contributed by atoms with Gasteiger partial charge in [-0.1, -0.05) is 19.1 Å². The lowest BCUT2D eigenvalue weighted by Crippen LogP contribution is -2.34. The van der Waals surface area contributed by atoms with E-state index >= 15 is 0 Å². The van der Waals surface area contributed by atoms with Gasteiger partial charge in [0.2, 0.25) is 0 Å². The largest absolute Gasteiger partial charge is 0.467 e. The van der Waals surface area contributed by atoms with Gasteiger partial charge < -0.3 is 24.8 Å². The standard InChI is InChI=1S/C21H22F4N4O4.C8H13N/c1-10-6-29(7-17(30)33-8-10)19-13-9-32-16(5-15(13)27-20(28-19)31-2)12-3-11(26)4-14(22)18(12)21(23,24)25;1-7-5-8-3-2-4-9(8)6-7/h3-4,10,16H,5-9,26H2,1-2H3;8H,1-6H2. The molecule has 4 aliphatic heterocycles. The first-order valence-corrected chi connectivity index (χ1v) is 14.0. The van der Waals surface area contributed by atoms with Gasteiger partial charge in [-0.3, -0.25) is 9.69 Å². The summed E-state index contributed by atoms with van der Waals surface area (Å²) >= 11 is 0. The van der Waals surface area contributed by atoms with Crippen molar-refractivity contribution in [3.63, 3.8) is 0 Å². The maximum absolute atomic E-state index is 14.2. The SMILES string of the molecule is C=C1CC2CCCN2C1.COc1nc2c(c(N3CC(=O)OCC(C)C3)n1)COC(c1cc(N)cc(F)c1C(F)(F)F)C2. The Labute approximate surface area is 241 Å². The van der Waals surface area contributed by atoms with Crippen LogP contribution in [0.1, 0.15) is 54.7 Å². The molecule has 3 unspecified atom stereocenters. The van der Waals surface area contributed by atoms with Crippen LogP contribution >= 0.6 is 0 Å². The number of nitrogen functional groups attached to an aromatic ring is 1. The molecule has 2 aromatic rings. The molecule has 0 aliphatic carbocycles. The molecular weight excluding hydrogens is 558 g/mol. The zero-order valence-electron chi connectivity index (χ0n) is 23.7. The smallest absolute Gasteiger partial charge is 0.419 e. The third-order valence-corrected chi connectivity index (χ3v) is 7.94. The van der Waals surface area contributed by atoms with Gasteiger partial charge in [0.05, 0.1) is 37.7 Å². The van der Waals surface area contributed by atoms with Crippen molar-refractivity contribution >= 4 is 17.5 Å². The molecule has 0 amide bonds. The van der Waals surface area contributed by atoms with Gasteiger partial charge in [-0.2, -0.15) is 23.1 Å². The number of halogens is 4. The number of methoxy groups -OCH3 is 1. The van der Waals surface area contributed by atoms with Gasteiger partial charge in [0, 0.05) is 42.7 Å². The molecule has 3 atom stereocenters. The summed E-state index contributed by atoms with van der Waals surface area (Å²) in [4.78, 5) is 25.0. The normalized spacial score (nSPS) is 24.3. The summed E-state index contributed by atoms with van der Waals surface area (Å²) < 4.78 is 71.1. The number of esters is 1. The van der Waals surface area contributed by atoms with Crippen LogP contribution in [-0.2, 0) is 33.5 Å². The van der Waals surface area contributed by atoms with E-state index in [1.165, 1.54) is 45.0 Å². The summed E-state index contributed by atoms with van der Waals surface area (Å²) in [6.07, 6.45) is -2.07. The van der Waals surface area contributed by atoms with Crippen molar-refractivity contribution in [3.8, 4) is 6.01 Å². The van der Waals surface area contributed by atoms with Crippen LogP contribution in [0.4, 0.5) is 29.1 Å². The van der Waals surface area contributed by atoms with Gasteiger partial charge in [0.15, 0.2) is 0 Å². The monoisotopic (exact) mass is 593 g/mol. The number of ether oxygens (including phenoxy) is 3. The summed E-state index contributed by atoms with van der Waals surface area (Å²) in [6.45, 7) is 8.94. The van der Waals surface area contributed by atoms with Crippen molar-refractivity contribution in [2.75, 3.05) is 50.5 Å². The van der Waals surface area contributed by atoms with Crippen LogP contribution in [0.5, 0.6) is 6.01 Å². The number of hydrogen-bond donors (Lipinski definition) is 1. The number of nitrogens with zero attached hydrogens (tertiary/aromatic N) is 4. The van der Waals surface area contributed by atoms with Crippen LogP contribution < -0.4 is 15.4 Å². The lowest BCUT2D eigenvalue weighted by Gasteiger charge is -2.31. The van der Waals surface area contributed by atoms with E-state index in [1.54, 1.807) is 4.90 Å². The number of cyclic esters (lactones) is 1. The highest BCUT2D eigenvalue weighted by Crippen LogP contribution is 2.42. The highest BCUT2D eigenvalue weighted by molar-refractivity contribution is 5.76. The van der Waals surface area contributed by atoms with Crippen LogP contribution in [-0.4, -0.2) is 66.8 Å². The Morgan fingerprint density at radius 3 is 2.69 bits per heavy atom. The average Bonchev–Trinajstić information content (AvgIpc) is 3.45. The molecule has 228 valence electrons. The number of anilines is 2. The van der Waals surface area contributed by atoms with Crippen molar-refractivity contribution in [2.24, 2.45) is 5.92 Å². The Balaban J connectivity index is 0.000000330. The van der Waals surface area contributed by atoms with Gasteiger partial charge in [-0.25, -0.2) is 4.39 Å². The van der Waals surface area contributed by atoms with Crippen molar-refractivity contribution in [1.29, 1.82) is 0 Å². The molecule has 2 N–H and O–H groups in total. The van der Waals surface area contributed by atoms with E-state index < -0.39 is 35.2 Å². The summed E-state index contributed by atoms with van der Waals surface area (Å²) in [5.74, 6) is -1.49. The highest BCUT2D eigenvalue weighted by atomic mass is 19.4. The minimum absolute atomic E-state index is 0.00975. The number of carbonyl (C=O) groups excluding carboxylic acids is 1. The van der Waals surface area contributed by atoms with E-state index in [1.807, 2.05) is 6.92 Å². The molecule has 5 heterocycles. The first-order valence-electron chi connectivity index (χ1n) is 14.0. The maximum atomic E-state index is 14.2. The van der Waals surface area contributed by atoms with E-state index in [2.05, 4.69) is 21.4 Å². The number of carbonyl (C=O) groups is 1. The Hall–Kier alpha value is -3.45. The molecule has 3 saturated heterocycles. The quantitative estimate of drug-likeness (QED) is 0.239. The number of aromatic nitrogens is 2. The van der Waals surface area contributed by atoms with Gasteiger partial charge in [0.1, 0.15) is 18.2 Å². The van der Waals surface area contributed by atoms with Gasteiger partial charge >= 0.3 is 18.2 Å². The zero-order valence-corrected chi connectivity index (χ0v) is 23.7. The molecule has 42 heavy (non-hydrogen) atoms. The molecule has 0 saturated carbocycles. The number of benzene rings is 1. The van der Waals surface area contributed by atoms with Crippen LogP contribution in [0.15, 0.2) is 24.3 Å². The minimum Gasteiger partial charge on any atom is -0.467 e. The first-order chi connectivity index (χ1) is 19.9. The van der Waals surface area contributed by atoms with Crippen LogP contribution in [0.3, 0.4) is 0 Å². The van der Waals surface area contributed by atoms with Crippen LogP contribution in [0.2, 0.25) is 0 Å². The molecule has 1 aromatic carbocycles. The Kier molecular flexibility index (Phi) is 8.61. The number of fused-ring (bicyclic) bond motifs is 2. The highest BCUT2D eigenvalue weighted by Gasteiger charge is 2.41. The Bertz CT molecular complexity index is 1340. The van der Waals surface area contributed by atoms with E-state index in [-0.39, 0.29) is 43.8 Å². The zero-order chi connectivity index (χ0) is 30.2. The lowest BCUT2D eigenvalue weighted by atomic mass is 9.94. The molecule has 0 spiro atoms. The second-order valence-corrected chi connectivity index (χ2v) is 11.3. The fraction of sp³-hybridized carbons (Fsp3) is 0.552. The van der Waals surface area contributed by atoms with Gasteiger partial charge in [-0.15, -0.1) is 0 Å². The fourth-order valence-corrected chi connectivity index (χ4v) is 6.10. The molecule has 3 fully saturated rings. The van der Waals surface area contributed by atoms with Crippen molar-refractivity contribution < 1.29 is 36.6 Å². The molecule has 13 heteroatoms. The molecule has 0 radical (unpaired) electrons. The topological polar surface area (TPSA) is 103 Å². The summed E-state index contributed by atoms with van der Waals surface area (Å²) in [5.41, 5.74) is 5.99. The van der Waals surface area contributed by atoms with Gasteiger partial charge in [0.25, 0.3) is 0 Å². The van der Waals surface area contributed by atoms with Crippen molar-refractivity contribution in [2.45, 2.75) is 57.5 Å². The third-order valence-electron chi connectivity index (χ3n) is 7.94. The van der Waals surface area contributed by atoms with Crippen LogP contribution in [0.25, 0.3) is 0 Å². The molecule has 0 bridgehead atoms. The van der Waals surface area contributed by atoms with Crippen molar-refractivity contribution in [3.05, 3.63) is 52.5 Å². The number of rotatable bonds is 3. The van der Waals surface area contributed by atoms with Gasteiger partial charge in [-0.05, 0) is 43.5 Å². The minimum atomic E-state index is -4.94. The summed E-state index contributed by atoms with van der Waals surface area (Å²) in [7, 11) is 1.36. The molecule has 9 nitrogen and oxygen atoms in total. The number of hydrogen-bond acceptors (Lipinski definition) is 9. The average molecular weight is 594 g/mol. The number of alkyl halides is 3. The number of nitrogens with two attached hydrogens (primary N) is 1. The van der Waals surface area contributed by atoms with E-state index in [9.17, 15) is 22.4 Å². The Morgan fingerprint density at radius 2 is 1.98 bits per heavy atom. The fourth-order valence-electron chi connectivity index (χ4n) is 6.10. The van der Waals surface area contributed by atoms with Crippen molar-refractivity contribution in [1.82, 2.24) is 14.9 Å². The van der Waals surface area contributed by atoms with E-state index in [0.717, 1.165) is 12.1 Å². The second-order valence-electron chi connectivity index (χ2n) is 11.3. The summed E-state index contributed by atoms with van der Waals surface area (Å²) in [5, 5.41) is 0. The predicted molar refractivity (Wildman–Crippen MR) is 146 cm³/mol. The van der Waals surface area contributed by atoms with E-state index in [4.69, 9.17) is 19.9 Å². The maximum Gasteiger partial charge on any atom is 0.419 e. The Morgan fingerprint density at radius 1 is 1.19 bits per heavy atom. The predicted octanol–water partition coefficient (Wildman–Crippen LogP) is 4.45. The van der Waals surface area contributed by atoms with E-state index in [0.29, 0.717) is 29.7 Å². The lowest BCUT2D eigenvalue weighted by molar-refractivity contribution is -0.142. The van der Waals surface area contributed by atoms with Crippen LogP contribution in [0, 0.1) is 11.7 Å². The molecular formula is C29H35F4N5O4. The third kappa shape index (κ3) is 6.46. The second kappa shape index (κ2) is 12.0.